The van der Waals surface area contributed by atoms with Gasteiger partial charge in [-0.1, -0.05) is 6.07 Å². The van der Waals surface area contributed by atoms with Gasteiger partial charge in [-0.05, 0) is 30.2 Å². The normalized spacial score (nSPS) is 23.4. The van der Waals surface area contributed by atoms with Crippen molar-refractivity contribution in [2.24, 2.45) is 5.92 Å². The van der Waals surface area contributed by atoms with Gasteiger partial charge in [-0.2, -0.15) is 0 Å². The molecule has 3 heterocycles. The molecule has 1 saturated heterocycles. The number of piperidine rings is 1. The first-order valence-corrected chi connectivity index (χ1v) is 7.97. The van der Waals surface area contributed by atoms with Crippen molar-refractivity contribution in [1.82, 2.24) is 9.80 Å². The molecule has 0 saturated carbocycles. The standard InChI is InChI=1S/C15H18N2O3S/c1-16-14(19)12(11-5-3-7-21-11)13(15(16)20)17-6-2-4-10(8-17)9-18/h3,5,7,10,18H,2,4,6,8-9H2,1H3. The van der Waals surface area contributed by atoms with Crippen molar-refractivity contribution in [3.8, 4) is 0 Å². The number of rotatable bonds is 3. The van der Waals surface area contributed by atoms with Crippen LogP contribution in [-0.4, -0.2) is 53.5 Å². The number of aliphatic hydroxyl groups excluding tert-OH is 1. The fraction of sp³-hybridized carbons (Fsp3) is 0.467. The summed E-state index contributed by atoms with van der Waals surface area (Å²) in [7, 11) is 1.53. The Kier molecular flexibility index (Phi) is 3.82. The molecule has 0 bridgehead atoms. The van der Waals surface area contributed by atoms with Crippen LogP contribution < -0.4 is 0 Å². The SMILES string of the molecule is CN1C(=O)C(c2cccs2)=C(N2CCCC(CO)C2)C1=O. The number of likely N-dealkylation sites (N-methyl/N-ethyl adjacent to an activating group) is 1. The van der Waals surface area contributed by atoms with E-state index >= 15 is 0 Å². The lowest BCUT2D eigenvalue weighted by Crippen LogP contribution is -2.39. The second kappa shape index (κ2) is 5.61. The molecule has 3 rings (SSSR count). The third-order valence-electron chi connectivity index (χ3n) is 4.12. The second-order valence-electron chi connectivity index (χ2n) is 5.51. The van der Waals surface area contributed by atoms with Gasteiger partial charge in [0.25, 0.3) is 11.8 Å². The third-order valence-corrected chi connectivity index (χ3v) is 5.01. The number of carbonyl (C=O) groups excluding carboxylic acids is 2. The van der Waals surface area contributed by atoms with Gasteiger partial charge in [0, 0.05) is 31.6 Å². The monoisotopic (exact) mass is 306 g/mol. The maximum absolute atomic E-state index is 12.5. The molecule has 5 nitrogen and oxygen atoms in total. The van der Waals surface area contributed by atoms with Crippen LogP contribution in [0.1, 0.15) is 17.7 Å². The van der Waals surface area contributed by atoms with Crippen LogP contribution in [0.15, 0.2) is 23.2 Å². The Morgan fingerprint density at radius 1 is 1.38 bits per heavy atom. The Balaban J connectivity index is 2.02. The van der Waals surface area contributed by atoms with E-state index in [1.807, 2.05) is 22.4 Å². The lowest BCUT2D eigenvalue weighted by molar-refractivity contribution is -0.136. The Bertz CT molecular complexity index is 594. The lowest BCUT2D eigenvalue weighted by atomic mass is 9.98. The molecule has 0 aliphatic carbocycles. The summed E-state index contributed by atoms with van der Waals surface area (Å²) >= 11 is 1.47. The van der Waals surface area contributed by atoms with Crippen LogP contribution in [0.25, 0.3) is 5.57 Å². The topological polar surface area (TPSA) is 60.9 Å². The van der Waals surface area contributed by atoms with Crippen LogP contribution in [0.4, 0.5) is 0 Å². The van der Waals surface area contributed by atoms with Gasteiger partial charge in [0.2, 0.25) is 0 Å². The number of hydrogen-bond donors (Lipinski definition) is 1. The Labute approximate surface area is 127 Å². The highest BCUT2D eigenvalue weighted by atomic mass is 32.1. The highest BCUT2D eigenvalue weighted by Crippen LogP contribution is 2.34. The van der Waals surface area contributed by atoms with E-state index in [1.54, 1.807) is 0 Å². The first-order chi connectivity index (χ1) is 10.1. The van der Waals surface area contributed by atoms with Crippen LogP contribution in [0.3, 0.4) is 0 Å². The van der Waals surface area contributed by atoms with E-state index in [-0.39, 0.29) is 24.3 Å². The molecule has 6 heteroatoms. The van der Waals surface area contributed by atoms with Gasteiger partial charge in [0.15, 0.2) is 0 Å². The van der Waals surface area contributed by atoms with E-state index in [4.69, 9.17) is 0 Å². The molecule has 1 unspecified atom stereocenters. The average molecular weight is 306 g/mol. The van der Waals surface area contributed by atoms with E-state index in [2.05, 4.69) is 0 Å². The van der Waals surface area contributed by atoms with Crippen molar-refractivity contribution in [2.75, 3.05) is 26.7 Å². The van der Waals surface area contributed by atoms with Crippen molar-refractivity contribution in [2.45, 2.75) is 12.8 Å². The van der Waals surface area contributed by atoms with Gasteiger partial charge in [0.1, 0.15) is 5.70 Å². The Hall–Kier alpha value is -1.66. The minimum atomic E-state index is -0.234. The molecule has 21 heavy (non-hydrogen) atoms. The van der Waals surface area contributed by atoms with Crippen LogP contribution in [0.2, 0.25) is 0 Å². The third kappa shape index (κ3) is 2.38. The molecule has 112 valence electrons. The predicted molar refractivity (Wildman–Crippen MR) is 80.4 cm³/mol. The minimum absolute atomic E-state index is 0.121. The number of aliphatic hydroxyl groups is 1. The number of hydrogen-bond acceptors (Lipinski definition) is 5. The summed E-state index contributed by atoms with van der Waals surface area (Å²) in [4.78, 5) is 28.9. The van der Waals surface area contributed by atoms with Crippen molar-refractivity contribution in [1.29, 1.82) is 0 Å². The highest BCUT2D eigenvalue weighted by Gasteiger charge is 2.40. The number of imide groups is 1. The van der Waals surface area contributed by atoms with E-state index in [9.17, 15) is 14.7 Å². The van der Waals surface area contributed by atoms with Crippen LogP contribution in [0, 0.1) is 5.92 Å². The van der Waals surface area contributed by atoms with E-state index in [0.29, 0.717) is 17.8 Å². The highest BCUT2D eigenvalue weighted by molar-refractivity contribution is 7.11. The molecular weight excluding hydrogens is 288 g/mol. The van der Waals surface area contributed by atoms with Gasteiger partial charge < -0.3 is 10.0 Å². The molecule has 2 aliphatic heterocycles. The van der Waals surface area contributed by atoms with E-state index in [1.165, 1.54) is 23.3 Å². The smallest absolute Gasteiger partial charge is 0.277 e. The molecule has 1 aromatic rings. The fourth-order valence-corrected chi connectivity index (χ4v) is 3.74. The summed E-state index contributed by atoms with van der Waals surface area (Å²) in [5.41, 5.74) is 1.01. The zero-order chi connectivity index (χ0) is 15.0. The van der Waals surface area contributed by atoms with Gasteiger partial charge in [-0.25, -0.2) is 0 Å². The predicted octanol–water partition coefficient (Wildman–Crippen LogP) is 1.16. The van der Waals surface area contributed by atoms with Crippen molar-refractivity contribution in [3.63, 3.8) is 0 Å². The van der Waals surface area contributed by atoms with Crippen molar-refractivity contribution >= 4 is 28.7 Å². The number of likely N-dealkylation sites (tertiary alicyclic amines) is 1. The summed E-state index contributed by atoms with van der Waals surface area (Å²) in [6.07, 6.45) is 1.89. The van der Waals surface area contributed by atoms with Gasteiger partial charge in [0.05, 0.1) is 5.57 Å². The molecule has 1 aromatic heterocycles. The minimum Gasteiger partial charge on any atom is -0.396 e. The summed E-state index contributed by atoms with van der Waals surface area (Å²) in [5.74, 6) is -0.296. The maximum atomic E-state index is 12.5. The van der Waals surface area contributed by atoms with Crippen LogP contribution >= 0.6 is 11.3 Å². The molecule has 1 N–H and O–H groups in total. The first kappa shape index (κ1) is 14.3. The largest absolute Gasteiger partial charge is 0.396 e. The van der Waals surface area contributed by atoms with Crippen molar-refractivity contribution in [3.05, 3.63) is 28.1 Å². The number of amides is 2. The number of nitrogens with zero attached hydrogens (tertiary/aromatic N) is 2. The zero-order valence-corrected chi connectivity index (χ0v) is 12.7. The van der Waals surface area contributed by atoms with Gasteiger partial charge in [-0.15, -0.1) is 11.3 Å². The molecular formula is C15H18N2O3S. The van der Waals surface area contributed by atoms with E-state index in [0.717, 1.165) is 24.3 Å². The zero-order valence-electron chi connectivity index (χ0n) is 11.9. The quantitative estimate of drug-likeness (QED) is 0.852. The summed E-state index contributed by atoms with van der Waals surface area (Å²) in [5, 5.41) is 11.3. The van der Waals surface area contributed by atoms with Gasteiger partial charge in [-0.3, -0.25) is 14.5 Å². The number of thiophene rings is 1. The Morgan fingerprint density at radius 3 is 2.86 bits per heavy atom. The van der Waals surface area contributed by atoms with Gasteiger partial charge >= 0.3 is 0 Å². The molecule has 2 amide bonds. The molecule has 1 fully saturated rings. The average Bonchev–Trinajstić information content (AvgIpc) is 3.10. The molecule has 0 radical (unpaired) electrons. The fourth-order valence-electron chi connectivity index (χ4n) is 2.98. The van der Waals surface area contributed by atoms with Crippen LogP contribution in [0.5, 0.6) is 0 Å². The molecule has 1 atom stereocenters. The second-order valence-corrected chi connectivity index (χ2v) is 6.45. The van der Waals surface area contributed by atoms with Crippen LogP contribution in [-0.2, 0) is 9.59 Å². The summed E-state index contributed by atoms with van der Waals surface area (Å²) < 4.78 is 0. The maximum Gasteiger partial charge on any atom is 0.277 e. The summed E-state index contributed by atoms with van der Waals surface area (Å²) in [6, 6.07) is 3.76. The Morgan fingerprint density at radius 2 is 2.19 bits per heavy atom. The molecule has 0 aromatic carbocycles. The lowest BCUT2D eigenvalue weighted by Gasteiger charge is -2.34. The van der Waals surface area contributed by atoms with Crippen molar-refractivity contribution < 1.29 is 14.7 Å². The first-order valence-electron chi connectivity index (χ1n) is 7.09. The molecule has 2 aliphatic rings. The number of carbonyl (C=O) groups is 2. The molecule has 0 spiro atoms. The summed E-state index contributed by atoms with van der Waals surface area (Å²) in [6.45, 7) is 1.51. The van der Waals surface area contributed by atoms with E-state index < -0.39 is 0 Å².